The summed E-state index contributed by atoms with van der Waals surface area (Å²) in [5.74, 6) is 2.61. The highest BCUT2D eigenvalue weighted by Crippen LogP contribution is 2.16. The van der Waals surface area contributed by atoms with Gasteiger partial charge in [-0.15, -0.1) is 24.0 Å². The summed E-state index contributed by atoms with van der Waals surface area (Å²) in [6.07, 6.45) is 2.51. The molecule has 2 aromatic rings. The zero-order chi connectivity index (χ0) is 15.8. The number of aliphatic imine (C=N–C) groups is 1. The number of nitrogens with one attached hydrogen (secondary N) is 2. The molecule has 6 heteroatoms. The number of aryl methyl sites for hydroxylation is 1. The molecule has 0 amide bonds. The Kier molecular flexibility index (Phi) is 8.53. The van der Waals surface area contributed by atoms with Gasteiger partial charge in [-0.2, -0.15) is 0 Å². The van der Waals surface area contributed by atoms with Crippen LogP contribution >= 0.6 is 24.0 Å². The number of hydrogen-bond donors (Lipinski definition) is 2. The van der Waals surface area contributed by atoms with Crippen LogP contribution in [0.4, 0.5) is 0 Å². The Hall–Kier alpha value is -1.70. The van der Waals surface area contributed by atoms with E-state index in [1.165, 1.54) is 5.56 Å². The maximum Gasteiger partial charge on any atom is 0.191 e. The molecule has 0 atom stereocenters. The monoisotopic (exact) mass is 429 g/mol. The van der Waals surface area contributed by atoms with Crippen LogP contribution in [0.3, 0.4) is 0 Å². The predicted molar refractivity (Wildman–Crippen MR) is 104 cm³/mol. The molecule has 2 rings (SSSR count). The molecule has 2 N–H and O–H groups in total. The first-order valence-corrected chi connectivity index (χ1v) is 7.32. The first kappa shape index (κ1) is 19.3. The number of furan rings is 1. The van der Waals surface area contributed by atoms with Crippen LogP contribution in [0, 0.1) is 6.92 Å². The Morgan fingerprint density at radius 1 is 1.26 bits per heavy atom. The van der Waals surface area contributed by atoms with Crippen molar-refractivity contribution in [1.29, 1.82) is 0 Å². The number of guanidine groups is 1. The summed E-state index contributed by atoms with van der Waals surface area (Å²) in [5, 5.41) is 6.57. The highest BCUT2D eigenvalue weighted by Gasteiger charge is 2.02. The van der Waals surface area contributed by atoms with Gasteiger partial charge < -0.3 is 19.8 Å². The second kappa shape index (κ2) is 10.1. The Labute approximate surface area is 154 Å². The number of ether oxygens (including phenoxy) is 1. The van der Waals surface area contributed by atoms with Crippen molar-refractivity contribution in [3.8, 4) is 5.75 Å². The highest BCUT2D eigenvalue weighted by atomic mass is 127. The van der Waals surface area contributed by atoms with Crippen molar-refractivity contribution < 1.29 is 9.15 Å². The molecule has 23 heavy (non-hydrogen) atoms. The number of halogens is 1. The summed E-state index contributed by atoms with van der Waals surface area (Å²) in [6.45, 7) is 3.52. The third-order valence-electron chi connectivity index (χ3n) is 3.27. The maximum absolute atomic E-state index is 5.30. The van der Waals surface area contributed by atoms with Crippen LogP contribution in [-0.4, -0.2) is 26.7 Å². The van der Waals surface area contributed by atoms with Crippen LogP contribution in [0.25, 0.3) is 0 Å². The lowest BCUT2D eigenvalue weighted by molar-refractivity contribution is 0.414. The fourth-order valence-electron chi connectivity index (χ4n) is 2.21. The van der Waals surface area contributed by atoms with E-state index in [1.807, 2.05) is 24.3 Å². The van der Waals surface area contributed by atoms with Gasteiger partial charge in [-0.05, 0) is 42.3 Å². The quantitative estimate of drug-likeness (QED) is 0.421. The summed E-state index contributed by atoms with van der Waals surface area (Å²) >= 11 is 0. The van der Waals surface area contributed by atoms with Crippen molar-refractivity contribution in [2.45, 2.75) is 19.9 Å². The molecule has 0 saturated heterocycles. The molecule has 0 aliphatic rings. The molecule has 0 unspecified atom stereocenters. The molecular formula is C17H24IN3O2. The molecule has 0 bridgehead atoms. The second-order valence-electron chi connectivity index (χ2n) is 5.04. The smallest absolute Gasteiger partial charge is 0.191 e. The topological polar surface area (TPSA) is 58.8 Å². The van der Waals surface area contributed by atoms with Crippen molar-refractivity contribution in [2.24, 2.45) is 4.99 Å². The number of benzene rings is 1. The average molecular weight is 429 g/mol. The molecule has 5 nitrogen and oxygen atoms in total. The van der Waals surface area contributed by atoms with Crippen molar-refractivity contribution in [3.05, 3.63) is 53.5 Å². The molecule has 126 valence electrons. The van der Waals surface area contributed by atoms with E-state index >= 15 is 0 Å². The van der Waals surface area contributed by atoms with Gasteiger partial charge in [0.05, 0.1) is 13.4 Å². The summed E-state index contributed by atoms with van der Waals surface area (Å²) < 4.78 is 10.6. The van der Waals surface area contributed by atoms with Gasteiger partial charge in [-0.1, -0.05) is 6.07 Å². The summed E-state index contributed by atoms with van der Waals surface area (Å²) in [4.78, 5) is 4.22. The van der Waals surface area contributed by atoms with Crippen molar-refractivity contribution in [2.75, 3.05) is 20.7 Å². The molecule has 0 spiro atoms. The van der Waals surface area contributed by atoms with Crippen LogP contribution in [0.5, 0.6) is 5.75 Å². The number of hydrogen-bond acceptors (Lipinski definition) is 3. The van der Waals surface area contributed by atoms with Crippen molar-refractivity contribution in [1.82, 2.24) is 10.6 Å². The van der Waals surface area contributed by atoms with Gasteiger partial charge in [-0.3, -0.25) is 4.99 Å². The largest absolute Gasteiger partial charge is 0.497 e. The zero-order valence-electron chi connectivity index (χ0n) is 13.8. The van der Waals surface area contributed by atoms with E-state index in [0.29, 0.717) is 6.54 Å². The summed E-state index contributed by atoms with van der Waals surface area (Å²) in [6, 6.07) is 10.0. The van der Waals surface area contributed by atoms with Gasteiger partial charge >= 0.3 is 0 Å². The standard InChI is InChI=1S/C17H23N3O2.HI/c1-13-9-14(11-16(10-13)21-3)12-20-17(18-2)19-7-6-15-5-4-8-22-15;/h4-5,8-11H,6-7,12H2,1-3H3,(H2,18,19,20);1H. The molecule has 0 saturated carbocycles. The lowest BCUT2D eigenvalue weighted by Gasteiger charge is -2.12. The Morgan fingerprint density at radius 3 is 2.74 bits per heavy atom. The van der Waals surface area contributed by atoms with E-state index in [0.717, 1.165) is 36.0 Å². The van der Waals surface area contributed by atoms with Gasteiger partial charge in [0.25, 0.3) is 0 Å². The minimum absolute atomic E-state index is 0. The normalized spacial score (nSPS) is 10.8. The highest BCUT2D eigenvalue weighted by molar-refractivity contribution is 14.0. The summed E-state index contributed by atoms with van der Waals surface area (Å²) in [5.41, 5.74) is 2.34. The molecule has 0 fully saturated rings. The third kappa shape index (κ3) is 6.52. The van der Waals surface area contributed by atoms with Crippen LogP contribution in [0.2, 0.25) is 0 Å². The number of rotatable bonds is 6. The Bertz CT molecular complexity index is 612. The molecule has 0 radical (unpaired) electrons. The van der Waals surface area contributed by atoms with Gasteiger partial charge in [0.15, 0.2) is 5.96 Å². The molecule has 1 aromatic carbocycles. The minimum Gasteiger partial charge on any atom is -0.497 e. The zero-order valence-corrected chi connectivity index (χ0v) is 16.1. The number of nitrogens with zero attached hydrogens (tertiary/aromatic N) is 1. The summed E-state index contributed by atoms with van der Waals surface area (Å²) in [7, 11) is 3.44. The molecular weight excluding hydrogens is 405 g/mol. The fraction of sp³-hybridized carbons (Fsp3) is 0.353. The van der Waals surface area contributed by atoms with Gasteiger partial charge in [0.2, 0.25) is 0 Å². The van der Waals surface area contributed by atoms with E-state index in [2.05, 4.69) is 28.6 Å². The van der Waals surface area contributed by atoms with E-state index in [4.69, 9.17) is 9.15 Å². The van der Waals surface area contributed by atoms with Crippen molar-refractivity contribution >= 4 is 29.9 Å². The lowest BCUT2D eigenvalue weighted by atomic mass is 10.1. The van der Waals surface area contributed by atoms with Crippen LogP contribution in [-0.2, 0) is 13.0 Å². The predicted octanol–water partition coefficient (Wildman–Crippen LogP) is 3.12. The maximum atomic E-state index is 5.30. The molecule has 0 aliphatic heterocycles. The molecule has 1 heterocycles. The van der Waals surface area contributed by atoms with Gasteiger partial charge in [-0.25, -0.2) is 0 Å². The molecule has 0 aliphatic carbocycles. The first-order valence-electron chi connectivity index (χ1n) is 7.32. The van der Waals surface area contributed by atoms with Gasteiger partial charge in [0, 0.05) is 26.6 Å². The SMILES string of the molecule is CN=C(NCCc1ccco1)NCc1cc(C)cc(OC)c1.I. The minimum atomic E-state index is 0. The second-order valence-corrected chi connectivity index (χ2v) is 5.04. The first-order chi connectivity index (χ1) is 10.7. The fourth-order valence-corrected chi connectivity index (χ4v) is 2.21. The lowest BCUT2D eigenvalue weighted by Crippen LogP contribution is -2.37. The van der Waals surface area contributed by atoms with E-state index < -0.39 is 0 Å². The number of methoxy groups -OCH3 is 1. The van der Waals surface area contributed by atoms with Crippen molar-refractivity contribution in [3.63, 3.8) is 0 Å². The van der Waals surface area contributed by atoms with E-state index in [9.17, 15) is 0 Å². The molecule has 1 aromatic heterocycles. The van der Waals surface area contributed by atoms with Crippen LogP contribution < -0.4 is 15.4 Å². The Morgan fingerprint density at radius 2 is 2.09 bits per heavy atom. The van der Waals surface area contributed by atoms with E-state index in [-0.39, 0.29) is 24.0 Å². The third-order valence-corrected chi connectivity index (χ3v) is 3.27. The average Bonchev–Trinajstić information content (AvgIpc) is 3.03. The van der Waals surface area contributed by atoms with Crippen LogP contribution in [0.1, 0.15) is 16.9 Å². The van der Waals surface area contributed by atoms with Gasteiger partial charge in [0.1, 0.15) is 11.5 Å². The van der Waals surface area contributed by atoms with E-state index in [1.54, 1.807) is 20.4 Å². The van der Waals surface area contributed by atoms with Crippen LogP contribution in [0.15, 0.2) is 46.0 Å². The Balaban J connectivity index is 0.00000264.